The SMILES string of the molecule is CCNC(=NCCc1ccc(C)nc1)N1CCN(CC(C)C)CC1.I. The van der Waals surface area contributed by atoms with Crippen molar-refractivity contribution < 1.29 is 0 Å². The van der Waals surface area contributed by atoms with Crippen LogP contribution in [0, 0.1) is 12.8 Å². The van der Waals surface area contributed by atoms with Crippen LogP contribution in [0.4, 0.5) is 0 Å². The van der Waals surface area contributed by atoms with Crippen molar-refractivity contribution in [3.8, 4) is 0 Å². The van der Waals surface area contributed by atoms with E-state index in [4.69, 9.17) is 4.99 Å². The second-order valence-corrected chi connectivity index (χ2v) is 6.97. The molecule has 0 radical (unpaired) electrons. The van der Waals surface area contributed by atoms with Crippen molar-refractivity contribution in [2.45, 2.75) is 34.1 Å². The van der Waals surface area contributed by atoms with Gasteiger partial charge in [-0.15, -0.1) is 24.0 Å². The molecule has 2 rings (SSSR count). The fourth-order valence-corrected chi connectivity index (χ4v) is 3.02. The van der Waals surface area contributed by atoms with Crippen molar-refractivity contribution in [3.05, 3.63) is 29.6 Å². The Labute approximate surface area is 170 Å². The van der Waals surface area contributed by atoms with Gasteiger partial charge in [0.05, 0.1) is 0 Å². The van der Waals surface area contributed by atoms with Gasteiger partial charge in [0.25, 0.3) is 0 Å². The number of hydrogen-bond donors (Lipinski definition) is 1. The molecule has 1 aromatic rings. The van der Waals surface area contributed by atoms with Crippen molar-refractivity contribution in [3.63, 3.8) is 0 Å². The number of piperazine rings is 1. The van der Waals surface area contributed by atoms with Crippen LogP contribution in [0.25, 0.3) is 0 Å². The topological polar surface area (TPSA) is 43.8 Å². The number of nitrogens with zero attached hydrogens (tertiary/aromatic N) is 4. The van der Waals surface area contributed by atoms with Crippen LogP contribution in [0.5, 0.6) is 0 Å². The maximum atomic E-state index is 4.83. The summed E-state index contributed by atoms with van der Waals surface area (Å²) in [6.07, 6.45) is 2.90. The number of hydrogen-bond acceptors (Lipinski definition) is 3. The molecule has 0 saturated carbocycles. The zero-order chi connectivity index (χ0) is 17.4. The Bertz CT molecular complexity index is 507. The van der Waals surface area contributed by atoms with Gasteiger partial charge in [0, 0.05) is 57.7 Å². The van der Waals surface area contributed by atoms with Crippen LogP contribution in [0.2, 0.25) is 0 Å². The van der Waals surface area contributed by atoms with Gasteiger partial charge in [-0.2, -0.15) is 0 Å². The summed E-state index contributed by atoms with van der Waals surface area (Å²) >= 11 is 0. The number of guanidine groups is 1. The number of aliphatic imine (C=N–C) groups is 1. The monoisotopic (exact) mass is 459 g/mol. The molecule has 5 nitrogen and oxygen atoms in total. The van der Waals surface area contributed by atoms with E-state index < -0.39 is 0 Å². The molecule has 0 atom stereocenters. The molecule has 0 unspecified atom stereocenters. The smallest absolute Gasteiger partial charge is 0.194 e. The molecule has 1 saturated heterocycles. The van der Waals surface area contributed by atoms with Gasteiger partial charge in [-0.1, -0.05) is 19.9 Å². The van der Waals surface area contributed by atoms with Crippen LogP contribution in [-0.2, 0) is 6.42 Å². The van der Waals surface area contributed by atoms with Crippen LogP contribution < -0.4 is 5.32 Å². The van der Waals surface area contributed by atoms with Gasteiger partial charge in [-0.3, -0.25) is 14.9 Å². The van der Waals surface area contributed by atoms with Gasteiger partial charge in [0.2, 0.25) is 0 Å². The molecule has 0 bridgehead atoms. The molecule has 142 valence electrons. The molecule has 0 amide bonds. The third kappa shape index (κ3) is 7.90. The predicted molar refractivity (Wildman–Crippen MR) is 117 cm³/mol. The Morgan fingerprint density at radius 1 is 1.24 bits per heavy atom. The molecule has 0 aromatic carbocycles. The molecule has 25 heavy (non-hydrogen) atoms. The van der Waals surface area contributed by atoms with Crippen LogP contribution in [0.15, 0.2) is 23.3 Å². The second-order valence-electron chi connectivity index (χ2n) is 6.97. The van der Waals surface area contributed by atoms with E-state index in [0.29, 0.717) is 0 Å². The molecule has 1 aliphatic heterocycles. The molecule has 6 heteroatoms. The molecular formula is C19H34IN5. The van der Waals surface area contributed by atoms with Crippen molar-refractivity contribution in [2.75, 3.05) is 45.8 Å². The molecule has 2 heterocycles. The van der Waals surface area contributed by atoms with E-state index >= 15 is 0 Å². The van der Waals surface area contributed by atoms with E-state index in [1.54, 1.807) is 0 Å². The van der Waals surface area contributed by atoms with Gasteiger partial charge in [-0.05, 0) is 37.8 Å². The van der Waals surface area contributed by atoms with E-state index in [-0.39, 0.29) is 24.0 Å². The standard InChI is InChI=1S/C19H33N5.HI/c1-5-20-19(21-9-8-18-7-6-17(4)22-14-18)24-12-10-23(11-13-24)15-16(2)3;/h6-7,14,16H,5,8-13,15H2,1-4H3,(H,20,21);1H. The third-order valence-corrected chi connectivity index (χ3v) is 4.26. The number of halogens is 1. The zero-order valence-corrected chi connectivity index (χ0v) is 18.5. The predicted octanol–water partition coefficient (Wildman–Crippen LogP) is 2.79. The maximum Gasteiger partial charge on any atom is 0.194 e. The zero-order valence-electron chi connectivity index (χ0n) is 16.2. The Morgan fingerprint density at radius 2 is 1.96 bits per heavy atom. The summed E-state index contributed by atoms with van der Waals surface area (Å²) in [7, 11) is 0. The molecule has 1 N–H and O–H groups in total. The van der Waals surface area contributed by atoms with Gasteiger partial charge in [0.1, 0.15) is 0 Å². The first-order valence-corrected chi connectivity index (χ1v) is 9.25. The number of pyridine rings is 1. The average Bonchev–Trinajstić information content (AvgIpc) is 2.56. The Kier molecular flexibility index (Phi) is 10.3. The fraction of sp³-hybridized carbons (Fsp3) is 0.684. The van der Waals surface area contributed by atoms with Crippen LogP contribution in [0.3, 0.4) is 0 Å². The molecule has 1 aliphatic rings. The van der Waals surface area contributed by atoms with E-state index in [2.05, 4.69) is 53.0 Å². The summed E-state index contributed by atoms with van der Waals surface area (Å²) in [6, 6.07) is 4.22. The molecule has 0 spiro atoms. The number of aryl methyl sites for hydroxylation is 1. The number of nitrogens with one attached hydrogen (secondary N) is 1. The minimum atomic E-state index is 0. The second kappa shape index (κ2) is 11.7. The Hall–Kier alpha value is -0.890. The summed E-state index contributed by atoms with van der Waals surface area (Å²) in [5, 5.41) is 3.45. The maximum absolute atomic E-state index is 4.83. The minimum absolute atomic E-state index is 0. The summed E-state index contributed by atoms with van der Waals surface area (Å²) in [5.74, 6) is 1.79. The number of aromatic nitrogens is 1. The van der Waals surface area contributed by atoms with Gasteiger partial charge in [0.15, 0.2) is 5.96 Å². The normalized spacial score (nSPS) is 16.0. The first-order valence-electron chi connectivity index (χ1n) is 9.25. The summed E-state index contributed by atoms with van der Waals surface area (Å²) in [4.78, 5) is 14.1. The fourth-order valence-electron chi connectivity index (χ4n) is 3.02. The lowest BCUT2D eigenvalue weighted by molar-refractivity contribution is 0.164. The summed E-state index contributed by atoms with van der Waals surface area (Å²) in [5.41, 5.74) is 2.32. The highest BCUT2D eigenvalue weighted by Gasteiger charge is 2.19. The molecule has 1 fully saturated rings. The van der Waals surface area contributed by atoms with E-state index in [1.807, 2.05) is 13.1 Å². The van der Waals surface area contributed by atoms with Crippen molar-refractivity contribution >= 4 is 29.9 Å². The summed E-state index contributed by atoms with van der Waals surface area (Å²) in [6.45, 7) is 16.0. The van der Waals surface area contributed by atoms with Crippen LogP contribution >= 0.6 is 24.0 Å². The van der Waals surface area contributed by atoms with Gasteiger partial charge in [-0.25, -0.2) is 0 Å². The lowest BCUT2D eigenvalue weighted by atomic mass is 10.2. The van der Waals surface area contributed by atoms with Gasteiger partial charge >= 0.3 is 0 Å². The van der Waals surface area contributed by atoms with Crippen LogP contribution in [0.1, 0.15) is 32.0 Å². The quantitative estimate of drug-likeness (QED) is 0.404. The van der Waals surface area contributed by atoms with Crippen molar-refractivity contribution in [2.24, 2.45) is 10.9 Å². The summed E-state index contributed by atoms with van der Waals surface area (Å²) < 4.78 is 0. The lowest BCUT2D eigenvalue weighted by Crippen LogP contribution is -2.53. The van der Waals surface area contributed by atoms with E-state index in [0.717, 1.165) is 63.3 Å². The first-order chi connectivity index (χ1) is 11.6. The Balaban J connectivity index is 0.00000312. The first kappa shape index (κ1) is 22.2. The molecular weight excluding hydrogens is 425 g/mol. The largest absolute Gasteiger partial charge is 0.357 e. The molecule has 1 aromatic heterocycles. The third-order valence-electron chi connectivity index (χ3n) is 4.26. The highest BCUT2D eigenvalue weighted by atomic mass is 127. The highest BCUT2D eigenvalue weighted by molar-refractivity contribution is 14.0. The highest BCUT2D eigenvalue weighted by Crippen LogP contribution is 2.06. The van der Waals surface area contributed by atoms with E-state index in [1.165, 1.54) is 12.1 Å². The lowest BCUT2D eigenvalue weighted by Gasteiger charge is -2.37. The molecule has 0 aliphatic carbocycles. The van der Waals surface area contributed by atoms with Crippen molar-refractivity contribution in [1.29, 1.82) is 0 Å². The number of rotatable bonds is 6. The Morgan fingerprint density at radius 3 is 2.52 bits per heavy atom. The van der Waals surface area contributed by atoms with Crippen molar-refractivity contribution in [1.82, 2.24) is 20.1 Å². The van der Waals surface area contributed by atoms with Gasteiger partial charge < -0.3 is 10.2 Å². The van der Waals surface area contributed by atoms with Crippen LogP contribution in [-0.4, -0.2) is 66.6 Å². The minimum Gasteiger partial charge on any atom is -0.357 e. The average molecular weight is 459 g/mol. The van der Waals surface area contributed by atoms with E-state index in [9.17, 15) is 0 Å².